The van der Waals surface area contributed by atoms with Crippen LogP contribution in [-0.2, 0) is 30.8 Å². The summed E-state index contributed by atoms with van der Waals surface area (Å²) in [6, 6.07) is 17.1. The maximum absolute atomic E-state index is 16.0. The highest BCUT2D eigenvalue weighted by molar-refractivity contribution is 6.28. The van der Waals surface area contributed by atoms with Crippen LogP contribution in [0.5, 0.6) is 23.0 Å². The lowest BCUT2D eigenvalue weighted by molar-refractivity contribution is -0.314. The second-order valence-corrected chi connectivity index (χ2v) is 10.7. The molecular formula is C35H20F6N2O6. The van der Waals surface area contributed by atoms with Gasteiger partial charge in [0.1, 0.15) is 23.0 Å². The molecule has 2 aliphatic rings. The molecule has 0 bridgehead atoms. The normalized spacial score (nSPS) is 16.0. The Bertz CT molecular complexity index is 2010. The Hall–Kier alpha value is -6.18. The molecule has 0 spiro atoms. The van der Waals surface area contributed by atoms with Gasteiger partial charge in [0.05, 0.1) is 11.4 Å². The zero-order chi connectivity index (χ0) is 35.1. The number of alkyl halides is 6. The summed E-state index contributed by atoms with van der Waals surface area (Å²) >= 11 is 0. The molecule has 2 heterocycles. The van der Waals surface area contributed by atoms with Crippen molar-refractivity contribution in [2.75, 3.05) is 9.80 Å². The Morgan fingerprint density at radius 3 is 1.18 bits per heavy atom. The Morgan fingerprint density at radius 2 is 0.816 bits per heavy atom. The average molecular weight is 679 g/mol. The van der Waals surface area contributed by atoms with E-state index in [0.717, 1.165) is 58.4 Å². The van der Waals surface area contributed by atoms with Crippen LogP contribution in [0.3, 0.4) is 0 Å². The molecule has 1 atom stereocenters. The highest BCUT2D eigenvalue weighted by Gasteiger charge is 2.72. The quantitative estimate of drug-likeness (QED) is 0.133. The molecule has 4 aromatic rings. The summed E-state index contributed by atoms with van der Waals surface area (Å²) in [5, 5.41) is 0. The lowest BCUT2D eigenvalue weighted by Gasteiger charge is -2.35. The maximum atomic E-state index is 16.0. The standard InChI is InChI=1S/C35H20F6N2O6/c36-33(35(39,40)41,21-7-11-25(12-8-21)48-27-5-1-3-23(19-27)42-29(44)15-16-30(42)45)34(37,38)22-9-13-26(14-10-22)49-28-6-2-4-24(20-28)43-31(46)17-18-32(43)47/h1-20H. The molecule has 2 aliphatic heterocycles. The molecule has 0 N–H and O–H groups in total. The zero-order valence-electron chi connectivity index (χ0n) is 24.7. The second-order valence-electron chi connectivity index (χ2n) is 10.7. The van der Waals surface area contributed by atoms with Crippen molar-refractivity contribution in [1.29, 1.82) is 0 Å². The third kappa shape index (κ3) is 5.92. The molecule has 0 aromatic heterocycles. The van der Waals surface area contributed by atoms with Gasteiger partial charge < -0.3 is 9.47 Å². The molecule has 1 unspecified atom stereocenters. The molecule has 6 rings (SSSR count). The van der Waals surface area contributed by atoms with Crippen LogP contribution < -0.4 is 19.3 Å². The number of hydrogen-bond donors (Lipinski definition) is 0. The number of carbonyl (C=O) groups is 4. The van der Waals surface area contributed by atoms with Crippen LogP contribution in [0.25, 0.3) is 0 Å². The van der Waals surface area contributed by atoms with Gasteiger partial charge in [0.15, 0.2) is 0 Å². The molecule has 0 aliphatic carbocycles. The predicted molar refractivity (Wildman–Crippen MR) is 162 cm³/mol. The Morgan fingerprint density at radius 1 is 0.449 bits per heavy atom. The second kappa shape index (κ2) is 12.1. The van der Waals surface area contributed by atoms with E-state index >= 15 is 13.2 Å². The molecule has 0 fully saturated rings. The molecule has 0 radical (unpaired) electrons. The van der Waals surface area contributed by atoms with Crippen molar-refractivity contribution in [3.05, 3.63) is 132 Å². The van der Waals surface area contributed by atoms with E-state index in [1.165, 1.54) is 48.5 Å². The van der Waals surface area contributed by atoms with Crippen LogP contribution in [0.2, 0.25) is 0 Å². The highest BCUT2D eigenvalue weighted by atomic mass is 19.4. The largest absolute Gasteiger partial charge is 0.457 e. The smallest absolute Gasteiger partial charge is 0.433 e. The van der Waals surface area contributed by atoms with E-state index in [-0.39, 0.29) is 34.4 Å². The number of halogens is 6. The van der Waals surface area contributed by atoms with Crippen molar-refractivity contribution in [1.82, 2.24) is 0 Å². The van der Waals surface area contributed by atoms with Gasteiger partial charge in [-0.15, -0.1) is 0 Å². The lowest BCUT2D eigenvalue weighted by atomic mass is 9.84. The molecular weight excluding hydrogens is 658 g/mol. The molecule has 49 heavy (non-hydrogen) atoms. The van der Waals surface area contributed by atoms with Gasteiger partial charge in [-0.2, -0.15) is 22.0 Å². The Balaban J connectivity index is 1.21. The number of hydrogen-bond acceptors (Lipinski definition) is 6. The topological polar surface area (TPSA) is 93.2 Å². The predicted octanol–water partition coefficient (Wildman–Crippen LogP) is 7.65. The molecule has 8 nitrogen and oxygen atoms in total. The van der Waals surface area contributed by atoms with Gasteiger partial charge in [-0.1, -0.05) is 24.3 Å². The van der Waals surface area contributed by atoms with Gasteiger partial charge in [0.25, 0.3) is 29.3 Å². The first-order chi connectivity index (χ1) is 23.2. The van der Waals surface area contributed by atoms with E-state index < -0.39 is 52.5 Å². The monoisotopic (exact) mass is 678 g/mol. The summed E-state index contributed by atoms with van der Waals surface area (Å²) in [5.74, 6) is -7.64. The molecule has 0 saturated heterocycles. The van der Waals surface area contributed by atoms with E-state index in [2.05, 4.69) is 0 Å². The van der Waals surface area contributed by atoms with Crippen molar-refractivity contribution >= 4 is 35.0 Å². The van der Waals surface area contributed by atoms with Gasteiger partial charge >= 0.3 is 12.1 Å². The average Bonchev–Trinajstić information content (AvgIpc) is 3.59. The molecule has 248 valence electrons. The SMILES string of the molecule is O=C1C=CC(=O)N1c1cccc(Oc2ccc(C(F)(F)C(F)(c3ccc(Oc4cccc(N5C(=O)C=CC5=O)c4)cc3)C(F)(F)F)cc2)c1. The first-order valence-corrected chi connectivity index (χ1v) is 14.2. The first-order valence-electron chi connectivity index (χ1n) is 14.2. The summed E-state index contributed by atoms with van der Waals surface area (Å²) in [7, 11) is 0. The summed E-state index contributed by atoms with van der Waals surface area (Å²) in [4.78, 5) is 49.6. The number of carbonyl (C=O) groups excluding carboxylic acids is 4. The third-order valence-corrected chi connectivity index (χ3v) is 7.53. The Labute approximate surface area is 273 Å². The van der Waals surface area contributed by atoms with E-state index in [9.17, 15) is 32.3 Å². The van der Waals surface area contributed by atoms with Crippen LogP contribution >= 0.6 is 0 Å². The fraction of sp³-hybridized carbons (Fsp3) is 0.0857. The fourth-order valence-electron chi connectivity index (χ4n) is 5.16. The van der Waals surface area contributed by atoms with E-state index in [1.807, 2.05) is 0 Å². The maximum Gasteiger partial charge on any atom is 0.433 e. The number of nitrogens with zero attached hydrogens (tertiary/aromatic N) is 2. The minimum Gasteiger partial charge on any atom is -0.457 e. The fourth-order valence-corrected chi connectivity index (χ4v) is 5.16. The minimum atomic E-state index is -6.08. The summed E-state index contributed by atoms with van der Waals surface area (Å²) in [5.41, 5.74) is -7.58. The van der Waals surface area contributed by atoms with Crippen molar-refractivity contribution in [3.63, 3.8) is 0 Å². The minimum absolute atomic E-state index is 0.0504. The van der Waals surface area contributed by atoms with Crippen molar-refractivity contribution in [2.24, 2.45) is 0 Å². The van der Waals surface area contributed by atoms with Gasteiger partial charge in [0.2, 0.25) is 0 Å². The van der Waals surface area contributed by atoms with Crippen LogP contribution in [0, 0.1) is 0 Å². The van der Waals surface area contributed by atoms with Gasteiger partial charge in [0, 0.05) is 47.6 Å². The molecule has 4 aromatic carbocycles. The highest BCUT2D eigenvalue weighted by Crippen LogP contribution is 2.57. The molecule has 14 heteroatoms. The Kier molecular flexibility index (Phi) is 8.10. The summed E-state index contributed by atoms with van der Waals surface area (Å²) in [6.45, 7) is 0. The van der Waals surface area contributed by atoms with Gasteiger partial charge in [-0.25, -0.2) is 14.2 Å². The third-order valence-electron chi connectivity index (χ3n) is 7.53. The van der Waals surface area contributed by atoms with E-state index in [4.69, 9.17) is 9.47 Å². The van der Waals surface area contributed by atoms with Crippen LogP contribution in [0.1, 0.15) is 11.1 Å². The van der Waals surface area contributed by atoms with Crippen molar-refractivity contribution in [3.8, 4) is 23.0 Å². The lowest BCUT2D eigenvalue weighted by Crippen LogP contribution is -2.51. The van der Waals surface area contributed by atoms with E-state index in [0.29, 0.717) is 24.3 Å². The number of benzene rings is 4. The summed E-state index contributed by atoms with van der Waals surface area (Å²) in [6.07, 6.45) is -1.79. The van der Waals surface area contributed by atoms with Crippen LogP contribution in [0.4, 0.5) is 37.7 Å². The van der Waals surface area contributed by atoms with Crippen LogP contribution in [0.15, 0.2) is 121 Å². The van der Waals surface area contributed by atoms with Crippen molar-refractivity contribution in [2.45, 2.75) is 17.8 Å². The van der Waals surface area contributed by atoms with Gasteiger partial charge in [-0.3, -0.25) is 19.2 Å². The number of imide groups is 2. The van der Waals surface area contributed by atoms with Gasteiger partial charge in [-0.05, 0) is 60.7 Å². The van der Waals surface area contributed by atoms with Crippen molar-refractivity contribution < 1.29 is 55.0 Å². The van der Waals surface area contributed by atoms with E-state index in [1.54, 1.807) is 0 Å². The number of amides is 4. The zero-order valence-corrected chi connectivity index (χ0v) is 24.7. The molecule has 4 amide bonds. The molecule has 0 saturated carbocycles. The number of anilines is 2. The number of ether oxygens (including phenoxy) is 2. The first kappa shape index (κ1) is 32.7. The summed E-state index contributed by atoms with van der Waals surface area (Å²) < 4.78 is 101. The van der Waals surface area contributed by atoms with Crippen LogP contribution in [-0.4, -0.2) is 29.8 Å². The number of rotatable bonds is 9.